The Morgan fingerprint density at radius 3 is 2.74 bits per heavy atom. The molecule has 6 nitrogen and oxygen atoms in total. The Morgan fingerprint density at radius 2 is 2.11 bits per heavy atom. The fourth-order valence-corrected chi connectivity index (χ4v) is 3.40. The van der Waals surface area contributed by atoms with Gasteiger partial charge >= 0.3 is 12.0 Å². The lowest BCUT2D eigenvalue weighted by atomic mass is 9.95. The van der Waals surface area contributed by atoms with Crippen molar-refractivity contribution in [3.63, 3.8) is 0 Å². The number of hydrogen-bond acceptors (Lipinski definition) is 3. The zero-order valence-corrected chi connectivity index (χ0v) is 10.9. The molecule has 2 amide bonds. The first kappa shape index (κ1) is 12.7. The number of amides is 2. The maximum absolute atomic E-state index is 12.2. The largest absolute Gasteiger partial charge is 0.481 e. The fourth-order valence-electron chi connectivity index (χ4n) is 3.40. The van der Waals surface area contributed by atoms with Gasteiger partial charge in [-0.1, -0.05) is 0 Å². The molecule has 3 aliphatic rings. The molecule has 0 aromatic rings. The molecule has 3 heterocycles. The van der Waals surface area contributed by atoms with E-state index in [1.807, 2.05) is 0 Å². The molecule has 0 aromatic heterocycles. The first-order chi connectivity index (χ1) is 9.13. The Hall–Kier alpha value is -1.30. The standard InChI is InChI=1S/C13H20N2O4/c16-12(17)8-2-1-5-15(7-8)13(18)14-10-6-9-3-4-11(10)19-9/h8-11H,1-7H2,(H,14,18)(H,16,17)/t8-,9?,10?,11?/m0/s1. The quantitative estimate of drug-likeness (QED) is 0.777. The second kappa shape index (κ2) is 5.00. The number of likely N-dealkylation sites (tertiary alicyclic amines) is 1. The number of carboxylic acid groups (broad SMARTS) is 1. The van der Waals surface area contributed by atoms with Crippen molar-refractivity contribution in [2.24, 2.45) is 5.92 Å². The molecule has 19 heavy (non-hydrogen) atoms. The monoisotopic (exact) mass is 268 g/mol. The number of hydrogen-bond donors (Lipinski definition) is 2. The third-order valence-corrected chi connectivity index (χ3v) is 4.47. The van der Waals surface area contributed by atoms with Crippen LogP contribution in [0.1, 0.15) is 32.1 Å². The molecule has 3 saturated heterocycles. The Morgan fingerprint density at radius 1 is 1.26 bits per heavy atom. The van der Waals surface area contributed by atoms with E-state index in [2.05, 4.69) is 5.32 Å². The summed E-state index contributed by atoms with van der Waals surface area (Å²) in [7, 11) is 0. The van der Waals surface area contributed by atoms with E-state index in [1.165, 1.54) is 0 Å². The van der Waals surface area contributed by atoms with E-state index in [1.54, 1.807) is 4.90 Å². The van der Waals surface area contributed by atoms with Gasteiger partial charge in [0, 0.05) is 13.1 Å². The number of carbonyl (C=O) groups excluding carboxylic acids is 1. The number of aliphatic carboxylic acids is 1. The Labute approximate surface area is 112 Å². The molecule has 3 fully saturated rings. The Kier molecular flexibility index (Phi) is 3.35. The normalized spacial score (nSPS) is 37.4. The molecule has 0 saturated carbocycles. The maximum Gasteiger partial charge on any atom is 0.317 e. The molecule has 0 spiro atoms. The van der Waals surface area contributed by atoms with Crippen molar-refractivity contribution in [3.05, 3.63) is 0 Å². The molecule has 4 atom stereocenters. The smallest absolute Gasteiger partial charge is 0.317 e. The van der Waals surface area contributed by atoms with E-state index < -0.39 is 11.9 Å². The number of ether oxygens (including phenoxy) is 1. The van der Waals surface area contributed by atoms with Crippen LogP contribution in [0.3, 0.4) is 0 Å². The Balaban J connectivity index is 1.54. The summed E-state index contributed by atoms with van der Waals surface area (Å²) in [5, 5.41) is 12.0. The highest BCUT2D eigenvalue weighted by Crippen LogP contribution is 2.34. The van der Waals surface area contributed by atoms with Crippen LogP contribution in [0.4, 0.5) is 4.79 Å². The number of urea groups is 1. The molecule has 2 bridgehead atoms. The minimum atomic E-state index is -0.805. The Bertz CT molecular complexity index is 387. The number of fused-ring (bicyclic) bond motifs is 2. The average Bonchev–Trinajstić information content (AvgIpc) is 3.01. The molecular formula is C13H20N2O4. The summed E-state index contributed by atoms with van der Waals surface area (Å²) in [4.78, 5) is 24.8. The van der Waals surface area contributed by atoms with Gasteiger partial charge in [0.25, 0.3) is 0 Å². The van der Waals surface area contributed by atoms with Crippen LogP contribution in [0.15, 0.2) is 0 Å². The van der Waals surface area contributed by atoms with E-state index in [-0.39, 0.29) is 18.2 Å². The van der Waals surface area contributed by atoms with Gasteiger partial charge in [0.05, 0.1) is 24.2 Å². The van der Waals surface area contributed by atoms with Crippen LogP contribution >= 0.6 is 0 Å². The third-order valence-electron chi connectivity index (χ3n) is 4.47. The van der Waals surface area contributed by atoms with Crippen molar-refractivity contribution in [2.75, 3.05) is 13.1 Å². The molecule has 2 N–H and O–H groups in total. The predicted molar refractivity (Wildman–Crippen MR) is 66.8 cm³/mol. The van der Waals surface area contributed by atoms with Gasteiger partial charge in [-0.05, 0) is 32.1 Å². The van der Waals surface area contributed by atoms with Gasteiger partial charge in [-0.2, -0.15) is 0 Å². The van der Waals surface area contributed by atoms with Crippen molar-refractivity contribution >= 4 is 12.0 Å². The predicted octanol–water partition coefficient (Wildman–Crippen LogP) is 0.812. The molecule has 0 aliphatic carbocycles. The SMILES string of the molecule is O=C(O)[C@H]1CCCN(C(=O)NC2CC3CCC2O3)C1. The van der Waals surface area contributed by atoms with Gasteiger partial charge in [-0.15, -0.1) is 0 Å². The van der Waals surface area contributed by atoms with Crippen molar-refractivity contribution in [2.45, 2.75) is 50.4 Å². The molecule has 0 radical (unpaired) electrons. The second-order valence-electron chi connectivity index (χ2n) is 5.79. The minimum Gasteiger partial charge on any atom is -0.481 e. The highest BCUT2D eigenvalue weighted by atomic mass is 16.5. The van der Waals surface area contributed by atoms with Gasteiger partial charge in [0.1, 0.15) is 0 Å². The lowest BCUT2D eigenvalue weighted by molar-refractivity contribution is -0.143. The summed E-state index contributed by atoms with van der Waals surface area (Å²) in [6, 6.07) is -0.0245. The first-order valence-electron chi connectivity index (χ1n) is 7.07. The van der Waals surface area contributed by atoms with Gasteiger partial charge < -0.3 is 20.1 Å². The zero-order chi connectivity index (χ0) is 13.4. The molecule has 3 unspecified atom stereocenters. The van der Waals surface area contributed by atoms with E-state index in [0.29, 0.717) is 25.6 Å². The summed E-state index contributed by atoms with van der Waals surface area (Å²) in [6.45, 7) is 0.972. The molecule has 3 aliphatic heterocycles. The molecule has 6 heteroatoms. The van der Waals surface area contributed by atoms with Crippen molar-refractivity contribution in [1.82, 2.24) is 10.2 Å². The van der Waals surface area contributed by atoms with Crippen LogP contribution in [0.25, 0.3) is 0 Å². The first-order valence-corrected chi connectivity index (χ1v) is 7.07. The van der Waals surface area contributed by atoms with E-state index in [9.17, 15) is 9.59 Å². The zero-order valence-electron chi connectivity index (χ0n) is 10.9. The minimum absolute atomic E-state index is 0.108. The van der Waals surface area contributed by atoms with Gasteiger partial charge in [0.15, 0.2) is 0 Å². The number of nitrogens with one attached hydrogen (secondary N) is 1. The molecule has 3 rings (SSSR count). The number of nitrogens with zero attached hydrogens (tertiary/aromatic N) is 1. The molecule has 0 aromatic carbocycles. The van der Waals surface area contributed by atoms with Crippen LogP contribution in [0, 0.1) is 5.92 Å². The summed E-state index contributed by atoms with van der Waals surface area (Å²) < 4.78 is 5.71. The summed E-state index contributed by atoms with van der Waals surface area (Å²) in [5.74, 6) is -1.23. The third kappa shape index (κ3) is 2.54. The van der Waals surface area contributed by atoms with Gasteiger partial charge in [-0.25, -0.2) is 4.79 Å². The van der Waals surface area contributed by atoms with Gasteiger partial charge in [0.2, 0.25) is 0 Å². The molecule has 106 valence electrons. The number of piperidine rings is 1. The van der Waals surface area contributed by atoms with Crippen molar-refractivity contribution in [1.29, 1.82) is 0 Å². The summed E-state index contributed by atoms with van der Waals surface area (Å²) >= 11 is 0. The lowest BCUT2D eigenvalue weighted by Gasteiger charge is -2.32. The van der Waals surface area contributed by atoms with E-state index in [4.69, 9.17) is 9.84 Å². The van der Waals surface area contributed by atoms with Crippen molar-refractivity contribution < 1.29 is 19.4 Å². The van der Waals surface area contributed by atoms with Crippen LogP contribution in [0.5, 0.6) is 0 Å². The number of carboxylic acids is 1. The lowest BCUT2D eigenvalue weighted by Crippen LogP contribution is -2.51. The second-order valence-corrected chi connectivity index (χ2v) is 5.79. The van der Waals surface area contributed by atoms with E-state index in [0.717, 1.165) is 25.7 Å². The molecular weight excluding hydrogens is 248 g/mol. The fraction of sp³-hybridized carbons (Fsp3) is 0.846. The summed E-state index contributed by atoms with van der Waals surface area (Å²) in [6.07, 6.45) is 4.91. The maximum atomic E-state index is 12.2. The highest BCUT2D eigenvalue weighted by molar-refractivity contribution is 5.76. The van der Waals surface area contributed by atoms with Gasteiger partial charge in [-0.3, -0.25) is 4.79 Å². The van der Waals surface area contributed by atoms with E-state index >= 15 is 0 Å². The number of carbonyl (C=O) groups is 2. The van der Waals surface area contributed by atoms with Crippen LogP contribution in [-0.2, 0) is 9.53 Å². The van der Waals surface area contributed by atoms with Crippen LogP contribution in [0.2, 0.25) is 0 Å². The highest BCUT2D eigenvalue weighted by Gasteiger charge is 2.42. The van der Waals surface area contributed by atoms with Crippen LogP contribution in [-0.4, -0.2) is 53.3 Å². The van der Waals surface area contributed by atoms with Crippen molar-refractivity contribution in [3.8, 4) is 0 Å². The number of rotatable bonds is 2. The van der Waals surface area contributed by atoms with Crippen LogP contribution < -0.4 is 5.32 Å². The topological polar surface area (TPSA) is 78.9 Å². The average molecular weight is 268 g/mol. The summed E-state index contributed by atoms with van der Waals surface area (Å²) in [5.41, 5.74) is 0.